The molecule has 114 valence electrons. The highest BCUT2D eigenvalue weighted by Crippen LogP contribution is 2.09. The SMILES string of the molecule is CCCCC(=O)OC.CCCCCCC(C)C(N)=O. The zero-order chi connectivity index (χ0) is 15.1. The highest BCUT2D eigenvalue weighted by Gasteiger charge is 2.06. The Balaban J connectivity index is 0. The van der Waals surface area contributed by atoms with Crippen LogP contribution < -0.4 is 5.73 Å². The molecular formula is C15H31NO3. The Kier molecular flexibility index (Phi) is 16.0. The summed E-state index contributed by atoms with van der Waals surface area (Å²) in [6.07, 6.45) is 8.38. The first-order valence-electron chi connectivity index (χ1n) is 7.35. The van der Waals surface area contributed by atoms with E-state index in [1.165, 1.54) is 26.4 Å². The van der Waals surface area contributed by atoms with Crippen molar-refractivity contribution in [2.24, 2.45) is 11.7 Å². The number of esters is 1. The average molecular weight is 273 g/mol. The van der Waals surface area contributed by atoms with Crippen LogP contribution in [0.25, 0.3) is 0 Å². The molecule has 0 aromatic carbocycles. The van der Waals surface area contributed by atoms with Gasteiger partial charge in [0.25, 0.3) is 0 Å². The van der Waals surface area contributed by atoms with Gasteiger partial charge in [0, 0.05) is 12.3 Å². The van der Waals surface area contributed by atoms with Crippen LogP contribution in [0.5, 0.6) is 0 Å². The molecule has 0 fully saturated rings. The van der Waals surface area contributed by atoms with Gasteiger partial charge in [-0.05, 0) is 12.8 Å². The number of ether oxygens (including phenoxy) is 1. The van der Waals surface area contributed by atoms with Crippen LogP contribution >= 0.6 is 0 Å². The molecule has 0 aliphatic heterocycles. The molecule has 0 aromatic rings. The predicted octanol–water partition coefficient (Wildman–Crippen LogP) is 3.43. The van der Waals surface area contributed by atoms with Crippen molar-refractivity contribution in [2.75, 3.05) is 7.11 Å². The van der Waals surface area contributed by atoms with E-state index in [0.717, 1.165) is 25.7 Å². The van der Waals surface area contributed by atoms with Gasteiger partial charge in [0.1, 0.15) is 0 Å². The number of amides is 1. The molecule has 1 unspecified atom stereocenters. The van der Waals surface area contributed by atoms with E-state index in [4.69, 9.17) is 5.73 Å². The second-order valence-corrected chi connectivity index (χ2v) is 4.83. The topological polar surface area (TPSA) is 69.4 Å². The molecule has 4 heteroatoms. The molecule has 0 rings (SSSR count). The van der Waals surface area contributed by atoms with Crippen molar-refractivity contribution in [3.8, 4) is 0 Å². The van der Waals surface area contributed by atoms with E-state index in [-0.39, 0.29) is 17.8 Å². The summed E-state index contributed by atoms with van der Waals surface area (Å²) in [4.78, 5) is 20.9. The number of carbonyl (C=O) groups excluding carboxylic acids is 2. The molecule has 19 heavy (non-hydrogen) atoms. The lowest BCUT2D eigenvalue weighted by atomic mass is 10.0. The zero-order valence-corrected chi connectivity index (χ0v) is 13.0. The highest BCUT2D eigenvalue weighted by atomic mass is 16.5. The molecule has 0 spiro atoms. The first-order valence-corrected chi connectivity index (χ1v) is 7.35. The van der Waals surface area contributed by atoms with Gasteiger partial charge >= 0.3 is 5.97 Å². The molecule has 2 N–H and O–H groups in total. The maximum atomic E-state index is 10.6. The number of hydrogen-bond donors (Lipinski definition) is 1. The summed E-state index contributed by atoms with van der Waals surface area (Å²) < 4.78 is 4.41. The van der Waals surface area contributed by atoms with Crippen LogP contribution in [0.4, 0.5) is 0 Å². The van der Waals surface area contributed by atoms with Gasteiger partial charge in [0.15, 0.2) is 0 Å². The fraction of sp³-hybridized carbons (Fsp3) is 0.867. The van der Waals surface area contributed by atoms with Crippen molar-refractivity contribution in [3.05, 3.63) is 0 Å². The minimum Gasteiger partial charge on any atom is -0.469 e. The van der Waals surface area contributed by atoms with Crippen LogP contribution in [0.3, 0.4) is 0 Å². The van der Waals surface area contributed by atoms with E-state index in [2.05, 4.69) is 11.7 Å². The second-order valence-electron chi connectivity index (χ2n) is 4.83. The van der Waals surface area contributed by atoms with E-state index >= 15 is 0 Å². The second kappa shape index (κ2) is 15.0. The molecule has 1 atom stereocenters. The first kappa shape index (κ1) is 20.3. The summed E-state index contributed by atoms with van der Waals surface area (Å²) in [5.74, 6) is -0.208. The van der Waals surface area contributed by atoms with Gasteiger partial charge < -0.3 is 10.5 Å². The maximum absolute atomic E-state index is 10.6. The summed E-state index contributed by atoms with van der Waals surface area (Å²) in [5.41, 5.74) is 5.11. The summed E-state index contributed by atoms with van der Waals surface area (Å²) in [6, 6.07) is 0. The minimum absolute atomic E-state index is 0.0619. The predicted molar refractivity (Wildman–Crippen MR) is 78.7 cm³/mol. The van der Waals surface area contributed by atoms with Gasteiger partial charge in [0.2, 0.25) is 5.91 Å². The number of hydrogen-bond acceptors (Lipinski definition) is 3. The van der Waals surface area contributed by atoms with Crippen molar-refractivity contribution in [1.82, 2.24) is 0 Å². The Morgan fingerprint density at radius 1 is 1.05 bits per heavy atom. The molecule has 0 saturated carbocycles. The van der Waals surface area contributed by atoms with Crippen molar-refractivity contribution >= 4 is 11.9 Å². The third-order valence-corrected chi connectivity index (χ3v) is 2.94. The van der Waals surface area contributed by atoms with E-state index in [9.17, 15) is 9.59 Å². The number of rotatable bonds is 9. The number of carbonyl (C=O) groups is 2. The molecule has 0 aliphatic rings. The van der Waals surface area contributed by atoms with Crippen molar-refractivity contribution in [1.29, 1.82) is 0 Å². The Morgan fingerprint density at radius 3 is 2.05 bits per heavy atom. The molecule has 0 aromatic heterocycles. The smallest absolute Gasteiger partial charge is 0.305 e. The Labute approximate surface area is 118 Å². The average Bonchev–Trinajstić information content (AvgIpc) is 2.41. The van der Waals surface area contributed by atoms with E-state index in [1.807, 2.05) is 13.8 Å². The lowest BCUT2D eigenvalue weighted by molar-refractivity contribution is -0.140. The normalized spacial score (nSPS) is 11.2. The van der Waals surface area contributed by atoms with Crippen molar-refractivity contribution in [2.45, 2.75) is 72.1 Å². The highest BCUT2D eigenvalue weighted by molar-refractivity contribution is 5.76. The molecule has 0 radical (unpaired) electrons. The molecule has 0 saturated heterocycles. The van der Waals surface area contributed by atoms with Gasteiger partial charge in [-0.3, -0.25) is 9.59 Å². The molecule has 0 heterocycles. The quantitative estimate of drug-likeness (QED) is 0.517. The van der Waals surface area contributed by atoms with E-state index in [0.29, 0.717) is 6.42 Å². The van der Waals surface area contributed by atoms with Crippen molar-refractivity contribution in [3.63, 3.8) is 0 Å². The molecule has 0 bridgehead atoms. The summed E-state index contributed by atoms with van der Waals surface area (Å²) in [7, 11) is 1.41. The molecule has 4 nitrogen and oxygen atoms in total. The monoisotopic (exact) mass is 273 g/mol. The Hall–Kier alpha value is -1.06. The van der Waals surface area contributed by atoms with E-state index < -0.39 is 0 Å². The fourth-order valence-electron chi connectivity index (χ4n) is 1.44. The van der Waals surface area contributed by atoms with Crippen LogP contribution in [-0.2, 0) is 14.3 Å². The number of primary amides is 1. The van der Waals surface area contributed by atoms with Crippen LogP contribution in [0, 0.1) is 5.92 Å². The standard InChI is InChI=1S/C9H19NO.C6H12O2/c1-3-4-5-6-7-8(2)9(10)11;1-3-4-5-6(7)8-2/h8H,3-7H2,1-2H3,(H2,10,11);3-5H2,1-2H3. The third-order valence-electron chi connectivity index (χ3n) is 2.94. The number of nitrogens with two attached hydrogens (primary N) is 1. The minimum atomic E-state index is -0.165. The molecule has 0 aliphatic carbocycles. The van der Waals surface area contributed by atoms with Gasteiger partial charge in [-0.2, -0.15) is 0 Å². The zero-order valence-electron chi connectivity index (χ0n) is 13.0. The maximum Gasteiger partial charge on any atom is 0.305 e. The first-order chi connectivity index (χ1) is 8.99. The molecular weight excluding hydrogens is 242 g/mol. The number of unbranched alkanes of at least 4 members (excludes halogenated alkanes) is 4. The van der Waals surface area contributed by atoms with Gasteiger partial charge in [-0.15, -0.1) is 0 Å². The Morgan fingerprint density at radius 2 is 1.63 bits per heavy atom. The Bertz CT molecular complexity index is 229. The van der Waals surface area contributed by atoms with Gasteiger partial charge in [-0.25, -0.2) is 0 Å². The van der Waals surface area contributed by atoms with Crippen LogP contribution in [-0.4, -0.2) is 19.0 Å². The van der Waals surface area contributed by atoms with Crippen molar-refractivity contribution < 1.29 is 14.3 Å². The van der Waals surface area contributed by atoms with Gasteiger partial charge in [-0.1, -0.05) is 52.9 Å². The summed E-state index contributed by atoms with van der Waals surface area (Å²) >= 11 is 0. The lowest BCUT2D eigenvalue weighted by Gasteiger charge is -2.05. The van der Waals surface area contributed by atoms with E-state index in [1.54, 1.807) is 0 Å². The van der Waals surface area contributed by atoms with Crippen LogP contribution in [0.1, 0.15) is 72.1 Å². The third kappa shape index (κ3) is 16.9. The summed E-state index contributed by atoms with van der Waals surface area (Å²) in [5, 5.41) is 0. The summed E-state index contributed by atoms with van der Waals surface area (Å²) in [6.45, 7) is 6.12. The fourth-order valence-corrected chi connectivity index (χ4v) is 1.44. The van der Waals surface area contributed by atoms with Gasteiger partial charge in [0.05, 0.1) is 7.11 Å². The van der Waals surface area contributed by atoms with Crippen LogP contribution in [0.15, 0.2) is 0 Å². The molecule has 1 amide bonds. The van der Waals surface area contributed by atoms with Crippen LogP contribution in [0.2, 0.25) is 0 Å². The largest absolute Gasteiger partial charge is 0.469 e. The lowest BCUT2D eigenvalue weighted by Crippen LogP contribution is -2.20. The number of methoxy groups -OCH3 is 1.